The number of hydrogen-bond acceptors (Lipinski definition) is 5. The van der Waals surface area contributed by atoms with Gasteiger partial charge in [-0.15, -0.1) is 11.3 Å². The van der Waals surface area contributed by atoms with Gasteiger partial charge in [0.15, 0.2) is 0 Å². The lowest BCUT2D eigenvalue weighted by Crippen LogP contribution is -2.25. The molecular weight excluding hydrogens is 693 g/mol. The summed E-state index contributed by atoms with van der Waals surface area (Å²) in [5.41, 5.74) is 12.0. The monoisotopic (exact) mass is 734 g/mol. The third-order valence-electron chi connectivity index (χ3n) is 11.1. The quantitative estimate of drug-likeness (QED) is 0.176. The Morgan fingerprint density at radius 3 is 2.13 bits per heavy atom. The number of benzene rings is 6. The average Bonchev–Trinajstić information content (AvgIpc) is 3.82. The number of thiophene rings is 1. The largest absolute Gasteiger partial charge is 0.457 e. The van der Waals surface area contributed by atoms with Crippen molar-refractivity contribution in [1.29, 1.82) is 0 Å². The highest BCUT2D eigenvalue weighted by Gasteiger charge is 2.30. The maximum absolute atomic E-state index is 6.75. The van der Waals surface area contributed by atoms with Crippen molar-refractivity contribution in [2.75, 3.05) is 16.5 Å². The normalized spacial score (nSPS) is 13.1. The number of nitrogens with zero attached hydrogens (tertiary/aromatic N) is 4. The highest BCUT2D eigenvalue weighted by Crippen LogP contribution is 2.47. The van der Waals surface area contributed by atoms with Gasteiger partial charge in [-0.05, 0) is 110 Å². The summed E-state index contributed by atoms with van der Waals surface area (Å²) < 4.78 is 11.6. The fourth-order valence-corrected chi connectivity index (χ4v) is 9.73. The number of aryl methyl sites for hydroxylation is 3. The summed E-state index contributed by atoms with van der Waals surface area (Å²) in [6, 6.07) is 46.0. The molecule has 5 nitrogen and oxygen atoms in total. The molecule has 6 aromatic carbocycles. The van der Waals surface area contributed by atoms with Crippen LogP contribution in [0.4, 0.5) is 22.7 Å². The van der Waals surface area contributed by atoms with Gasteiger partial charge in [0.2, 0.25) is 0 Å². The molecule has 0 saturated carbocycles. The molecule has 0 aliphatic carbocycles. The van der Waals surface area contributed by atoms with Gasteiger partial charge in [-0.25, -0.2) is 4.98 Å². The summed E-state index contributed by atoms with van der Waals surface area (Å²) in [7, 11) is 0. The van der Waals surface area contributed by atoms with E-state index < -0.39 is 0 Å². The van der Waals surface area contributed by atoms with Gasteiger partial charge in [0.1, 0.15) is 24.0 Å². The zero-order valence-corrected chi connectivity index (χ0v) is 32.8. The van der Waals surface area contributed by atoms with Gasteiger partial charge < -0.3 is 14.5 Å². The van der Waals surface area contributed by atoms with E-state index >= 15 is 0 Å². The number of aromatic nitrogens is 2. The van der Waals surface area contributed by atoms with Crippen LogP contribution in [0, 0.1) is 20.8 Å². The third kappa shape index (κ3) is 5.54. The topological polar surface area (TPSA) is 33.5 Å². The van der Waals surface area contributed by atoms with E-state index in [4.69, 9.17) is 9.72 Å². The molecule has 55 heavy (non-hydrogen) atoms. The summed E-state index contributed by atoms with van der Waals surface area (Å²) in [5.74, 6) is 2.48. The molecule has 0 unspecified atom stereocenters. The lowest BCUT2D eigenvalue weighted by Gasteiger charge is -2.25. The Labute approximate surface area is 325 Å². The first-order chi connectivity index (χ1) is 26.6. The average molecular weight is 735 g/mol. The Kier molecular flexibility index (Phi) is 7.59. The fourth-order valence-electron chi connectivity index (χ4n) is 8.61. The third-order valence-corrected chi connectivity index (χ3v) is 12.2. The number of ether oxygens (including phenoxy) is 1. The molecule has 1 aliphatic rings. The second kappa shape index (κ2) is 12.5. The zero-order valence-electron chi connectivity index (χ0n) is 32.0. The van der Waals surface area contributed by atoms with Gasteiger partial charge in [-0.3, -0.25) is 4.57 Å². The summed E-state index contributed by atoms with van der Waals surface area (Å²) in [4.78, 5) is 9.79. The maximum Gasteiger partial charge on any atom is 0.137 e. The predicted octanol–water partition coefficient (Wildman–Crippen LogP) is 13.8. The Bertz CT molecular complexity index is 2960. The first kappa shape index (κ1) is 33.5. The summed E-state index contributed by atoms with van der Waals surface area (Å²) in [5, 5.41) is 4.96. The van der Waals surface area contributed by atoms with Crippen molar-refractivity contribution in [3.8, 4) is 17.3 Å². The van der Waals surface area contributed by atoms with Crippen LogP contribution in [-0.2, 0) is 5.41 Å². The highest BCUT2D eigenvalue weighted by molar-refractivity contribution is 7.25. The molecule has 6 heteroatoms. The minimum atomic E-state index is -0.0147. The van der Waals surface area contributed by atoms with Crippen molar-refractivity contribution in [2.24, 2.45) is 0 Å². The van der Waals surface area contributed by atoms with Crippen molar-refractivity contribution < 1.29 is 4.74 Å². The number of pyridine rings is 1. The Balaban J connectivity index is 1.07. The molecule has 10 rings (SSSR count). The van der Waals surface area contributed by atoms with Crippen LogP contribution in [0.5, 0.6) is 11.5 Å². The molecule has 270 valence electrons. The van der Waals surface area contributed by atoms with E-state index in [0.29, 0.717) is 6.67 Å². The van der Waals surface area contributed by atoms with E-state index in [1.54, 1.807) is 0 Å². The molecular formula is C49H42N4OS. The van der Waals surface area contributed by atoms with Gasteiger partial charge >= 0.3 is 0 Å². The van der Waals surface area contributed by atoms with Crippen LogP contribution in [-0.4, -0.2) is 16.2 Å². The minimum absolute atomic E-state index is 0.0147. The first-order valence-corrected chi connectivity index (χ1v) is 19.8. The van der Waals surface area contributed by atoms with E-state index in [1.165, 1.54) is 70.3 Å². The molecule has 0 bridgehead atoms. The van der Waals surface area contributed by atoms with E-state index in [0.717, 1.165) is 34.0 Å². The van der Waals surface area contributed by atoms with Crippen molar-refractivity contribution in [2.45, 2.75) is 47.0 Å². The van der Waals surface area contributed by atoms with Gasteiger partial charge in [-0.1, -0.05) is 74.9 Å². The van der Waals surface area contributed by atoms with Crippen LogP contribution in [0.2, 0.25) is 0 Å². The first-order valence-electron chi connectivity index (χ1n) is 19.0. The SMILES string of the molecule is Cc1cc(C)c(N2CN(c3cccc(Oc4ccc5c6cc7c(cc6n(-c6cc(C(C)(C)C)ccn6)c5c4)sc4ccccc47)c3)c3ccccc32)c(C)c1. The van der Waals surface area contributed by atoms with E-state index in [9.17, 15) is 0 Å². The summed E-state index contributed by atoms with van der Waals surface area (Å²) in [6.45, 7) is 14.1. The fraction of sp³-hybridized carbons (Fsp3) is 0.163. The smallest absolute Gasteiger partial charge is 0.137 e. The molecule has 0 spiro atoms. The van der Waals surface area contributed by atoms with E-state index in [-0.39, 0.29) is 5.41 Å². The lowest BCUT2D eigenvalue weighted by atomic mass is 9.88. The highest BCUT2D eigenvalue weighted by atomic mass is 32.1. The van der Waals surface area contributed by atoms with Crippen LogP contribution in [0.15, 0.2) is 134 Å². The van der Waals surface area contributed by atoms with Crippen LogP contribution in [0.25, 0.3) is 47.8 Å². The molecule has 0 amide bonds. The predicted molar refractivity (Wildman–Crippen MR) is 233 cm³/mol. The maximum atomic E-state index is 6.75. The Morgan fingerprint density at radius 1 is 0.600 bits per heavy atom. The summed E-state index contributed by atoms with van der Waals surface area (Å²) in [6.07, 6.45) is 1.94. The van der Waals surface area contributed by atoms with Gasteiger partial charge in [0.25, 0.3) is 0 Å². The molecule has 0 radical (unpaired) electrons. The van der Waals surface area contributed by atoms with Crippen LogP contribution >= 0.6 is 11.3 Å². The minimum Gasteiger partial charge on any atom is -0.457 e. The van der Waals surface area contributed by atoms with Crippen LogP contribution in [0.3, 0.4) is 0 Å². The molecule has 4 heterocycles. The Morgan fingerprint density at radius 2 is 1.33 bits per heavy atom. The van der Waals surface area contributed by atoms with Crippen molar-refractivity contribution in [3.63, 3.8) is 0 Å². The zero-order chi connectivity index (χ0) is 37.6. The second-order valence-corrected chi connectivity index (χ2v) is 17.0. The van der Waals surface area contributed by atoms with E-state index in [1.807, 2.05) is 23.6 Å². The number of fused-ring (bicyclic) bond motifs is 7. The van der Waals surface area contributed by atoms with Crippen LogP contribution < -0.4 is 14.5 Å². The van der Waals surface area contributed by atoms with Crippen molar-refractivity contribution in [3.05, 3.63) is 156 Å². The van der Waals surface area contributed by atoms with Crippen molar-refractivity contribution in [1.82, 2.24) is 9.55 Å². The number of hydrogen-bond donors (Lipinski definition) is 0. The van der Waals surface area contributed by atoms with Crippen LogP contribution in [0.1, 0.15) is 43.0 Å². The summed E-state index contributed by atoms with van der Waals surface area (Å²) >= 11 is 1.85. The Hall–Kier alpha value is -6.11. The molecule has 0 saturated heterocycles. The lowest BCUT2D eigenvalue weighted by molar-refractivity contribution is 0.483. The number of para-hydroxylation sites is 2. The van der Waals surface area contributed by atoms with Crippen molar-refractivity contribution >= 4 is 76.1 Å². The second-order valence-electron chi connectivity index (χ2n) is 16.0. The molecule has 3 aromatic heterocycles. The molecule has 0 N–H and O–H groups in total. The van der Waals surface area contributed by atoms with Gasteiger partial charge in [0.05, 0.1) is 22.4 Å². The number of rotatable bonds is 5. The standard InChI is InChI=1S/C49H42N4OS/c1-30-22-31(2)48(32(3)23-30)52-29-51(41-15-8-9-16-42(41)52)34-12-11-13-35(25-34)54-36-18-19-37-39-27-40-38-14-7-10-17-45(38)55-46(40)28-44(39)53(43(37)26-36)47-24-33(20-21-50-47)49(4,5)6/h7-28H,29H2,1-6H3. The van der Waals surface area contributed by atoms with E-state index in [2.05, 4.69) is 177 Å². The molecule has 1 aliphatic heterocycles. The molecule has 9 aromatic rings. The molecule has 0 fully saturated rings. The van der Waals surface area contributed by atoms with Gasteiger partial charge in [0, 0.05) is 60.6 Å². The number of anilines is 4. The van der Waals surface area contributed by atoms with Gasteiger partial charge in [-0.2, -0.15) is 0 Å². The molecule has 0 atom stereocenters.